The predicted octanol–water partition coefficient (Wildman–Crippen LogP) is 4.35. The molecule has 0 fully saturated rings. The summed E-state index contributed by atoms with van der Waals surface area (Å²) in [4.78, 5) is 28.8. The van der Waals surface area contributed by atoms with Crippen LogP contribution in [0.15, 0.2) is 67.0 Å². The fourth-order valence-corrected chi connectivity index (χ4v) is 3.39. The smallest absolute Gasteiger partial charge is 0.255 e. The lowest BCUT2D eigenvalue weighted by Crippen LogP contribution is -2.12. The number of nitrogens with two attached hydrogens (primary N) is 1. The van der Waals surface area contributed by atoms with Crippen molar-refractivity contribution >= 4 is 28.5 Å². The molecule has 1 heterocycles. The van der Waals surface area contributed by atoms with Gasteiger partial charge in [-0.15, -0.1) is 0 Å². The van der Waals surface area contributed by atoms with Crippen molar-refractivity contribution in [2.45, 2.75) is 13.5 Å². The van der Waals surface area contributed by atoms with Crippen LogP contribution in [0.1, 0.15) is 33.2 Å². The third-order valence-electron chi connectivity index (χ3n) is 4.21. The van der Waals surface area contributed by atoms with Gasteiger partial charge in [0.1, 0.15) is 0 Å². The van der Waals surface area contributed by atoms with Gasteiger partial charge < -0.3 is 11.1 Å². The van der Waals surface area contributed by atoms with Crippen LogP contribution in [0, 0.1) is 0 Å². The first kappa shape index (κ1) is 19.8. The Kier molecular flexibility index (Phi) is 6.57. The van der Waals surface area contributed by atoms with Gasteiger partial charge in [0.05, 0.1) is 0 Å². The molecule has 28 heavy (non-hydrogen) atoms. The van der Waals surface area contributed by atoms with Crippen LogP contribution in [0.2, 0.25) is 0 Å². The minimum Gasteiger partial charge on any atom is -0.326 e. The Morgan fingerprint density at radius 1 is 1.04 bits per heavy atom. The highest BCUT2D eigenvalue weighted by Crippen LogP contribution is 2.27. The first-order chi connectivity index (χ1) is 13.6. The van der Waals surface area contributed by atoms with Gasteiger partial charge in [0.15, 0.2) is 0 Å². The second kappa shape index (κ2) is 9.30. The van der Waals surface area contributed by atoms with Crippen molar-refractivity contribution in [2.24, 2.45) is 5.73 Å². The lowest BCUT2D eigenvalue weighted by molar-refractivity contribution is 0.102. The number of thioether (sulfide) groups is 1. The summed E-state index contributed by atoms with van der Waals surface area (Å²) in [5.41, 5.74) is 10.4. The molecule has 0 bridgehead atoms. The number of hydrogen-bond acceptors (Lipinski definition) is 5. The first-order valence-corrected chi connectivity index (χ1v) is 9.93. The number of aromatic nitrogens is 1. The van der Waals surface area contributed by atoms with E-state index in [-0.39, 0.29) is 11.0 Å². The van der Waals surface area contributed by atoms with Crippen molar-refractivity contribution in [3.8, 4) is 11.1 Å². The first-order valence-electron chi connectivity index (χ1n) is 8.94. The van der Waals surface area contributed by atoms with Gasteiger partial charge >= 0.3 is 0 Å². The molecular formula is C22H21N3O2S. The van der Waals surface area contributed by atoms with Crippen molar-refractivity contribution in [1.82, 2.24) is 4.98 Å². The Morgan fingerprint density at radius 3 is 2.54 bits per heavy atom. The van der Waals surface area contributed by atoms with E-state index in [9.17, 15) is 9.59 Å². The number of carbonyl (C=O) groups excluding carboxylic acids is 2. The zero-order chi connectivity index (χ0) is 19.9. The van der Waals surface area contributed by atoms with Crippen LogP contribution in [0.25, 0.3) is 11.1 Å². The largest absolute Gasteiger partial charge is 0.326 e. The fourth-order valence-electron chi connectivity index (χ4n) is 2.83. The number of amides is 1. The molecule has 0 aliphatic rings. The molecule has 0 aliphatic carbocycles. The molecular weight excluding hydrogens is 370 g/mol. The maximum Gasteiger partial charge on any atom is 0.255 e. The molecule has 0 spiro atoms. The topological polar surface area (TPSA) is 85.1 Å². The molecule has 0 saturated carbocycles. The Labute approximate surface area is 168 Å². The van der Waals surface area contributed by atoms with E-state index in [2.05, 4.69) is 10.3 Å². The van der Waals surface area contributed by atoms with Gasteiger partial charge in [-0.25, -0.2) is 0 Å². The number of benzene rings is 2. The van der Waals surface area contributed by atoms with Crippen LogP contribution < -0.4 is 11.1 Å². The minimum absolute atomic E-state index is 0.0326. The average Bonchev–Trinajstić information content (AvgIpc) is 2.74. The standard InChI is InChI=1S/C22H21N3O2S/c1-2-28-22(27)17-5-3-4-15(12-17)20-13-16(6-7-18(20)14-23)21(26)25-19-8-10-24-11-9-19/h3-13H,2,14,23H2,1H3,(H,24,25,26). The van der Waals surface area contributed by atoms with Crippen LogP contribution >= 0.6 is 11.8 Å². The third-order valence-corrected chi connectivity index (χ3v) is 5.00. The minimum atomic E-state index is -0.218. The lowest BCUT2D eigenvalue weighted by atomic mass is 9.96. The Morgan fingerprint density at radius 2 is 1.82 bits per heavy atom. The number of nitrogens with one attached hydrogen (secondary N) is 1. The number of anilines is 1. The molecule has 6 heteroatoms. The molecule has 1 aromatic heterocycles. The highest BCUT2D eigenvalue weighted by Gasteiger charge is 2.13. The van der Waals surface area contributed by atoms with E-state index in [4.69, 9.17) is 5.73 Å². The highest BCUT2D eigenvalue weighted by atomic mass is 32.2. The second-order valence-corrected chi connectivity index (χ2v) is 7.30. The van der Waals surface area contributed by atoms with Gasteiger partial charge in [-0.05, 0) is 52.8 Å². The molecule has 0 radical (unpaired) electrons. The van der Waals surface area contributed by atoms with Crippen LogP contribution in [-0.2, 0) is 6.54 Å². The maximum absolute atomic E-state index is 12.6. The quantitative estimate of drug-likeness (QED) is 0.652. The van der Waals surface area contributed by atoms with Crippen LogP contribution in [0.3, 0.4) is 0 Å². The summed E-state index contributed by atoms with van der Waals surface area (Å²) >= 11 is 1.27. The Bertz CT molecular complexity index is 990. The van der Waals surface area contributed by atoms with Crippen molar-refractivity contribution in [3.05, 3.63) is 83.7 Å². The van der Waals surface area contributed by atoms with E-state index >= 15 is 0 Å². The summed E-state index contributed by atoms with van der Waals surface area (Å²) in [7, 11) is 0. The van der Waals surface area contributed by atoms with Crippen molar-refractivity contribution in [3.63, 3.8) is 0 Å². The van der Waals surface area contributed by atoms with E-state index in [0.717, 1.165) is 22.4 Å². The van der Waals surface area contributed by atoms with Crippen LogP contribution in [-0.4, -0.2) is 21.8 Å². The van der Waals surface area contributed by atoms with E-state index in [1.165, 1.54) is 11.8 Å². The van der Waals surface area contributed by atoms with Gasteiger partial charge in [0, 0.05) is 35.8 Å². The monoisotopic (exact) mass is 391 g/mol. The van der Waals surface area contributed by atoms with Crippen LogP contribution in [0.4, 0.5) is 5.69 Å². The molecule has 0 atom stereocenters. The average molecular weight is 391 g/mol. The summed E-state index contributed by atoms with van der Waals surface area (Å²) in [5, 5.41) is 2.89. The second-order valence-electron chi connectivity index (χ2n) is 6.07. The van der Waals surface area contributed by atoms with Gasteiger partial charge in [-0.2, -0.15) is 0 Å². The number of hydrogen-bond donors (Lipinski definition) is 2. The molecule has 0 saturated heterocycles. The Balaban J connectivity index is 1.95. The lowest BCUT2D eigenvalue weighted by Gasteiger charge is -2.12. The zero-order valence-corrected chi connectivity index (χ0v) is 16.3. The molecule has 3 rings (SSSR count). The molecule has 0 unspecified atom stereocenters. The SMILES string of the molecule is CCSC(=O)c1cccc(-c2cc(C(=O)Nc3ccncc3)ccc2CN)c1. The molecule has 142 valence electrons. The summed E-state index contributed by atoms with van der Waals surface area (Å²) in [6.45, 7) is 2.29. The van der Waals surface area contributed by atoms with E-state index < -0.39 is 0 Å². The van der Waals surface area contributed by atoms with Crippen LogP contribution in [0.5, 0.6) is 0 Å². The predicted molar refractivity (Wildman–Crippen MR) is 114 cm³/mol. The third kappa shape index (κ3) is 4.65. The van der Waals surface area contributed by atoms with E-state index in [1.807, 2.05) is 37.3 Å². The summed E-state index contributed by atoms with van der Waals surface area (Å²) in [6, 6.07) is 16.3. The summed E-state index contributed by atoms with van der Waals surface area (Å²) < 4.78 is 0. The normalized spacial score (nSPS) is 10.5. The van der Waals surface area contributed by atoms with Gasteiger partial charge in [0.2, 0.25) is 5.12 Å². The number of rotatable bonds is 6. The number of carbonyl (C=O) groups is 2. The zero-order valence-electron chi connectivity index (χ0n) is 15.5. The fraction of sp³-hybridized carbons (Fsp3) is 0.136. The molecule has 1 amide bonds. The molecule has 3 aromatic rings. The summed E-state index contributed by atoms with van der Waals surface area (Å²) in [5.74, 6) is 0.506. The number of nitrogens with zero attached hydrogens (tertiary/aromatic N) is 1. The van der Waals surface area contributed by atoms with Crippen molar-refractivity contribution < 1.29 is 9.59 Å². The van der Waals surface area contributed by atoms with Crippen molar-refractivity contribution in [1.29, 1.82) is 0 Å². The number of pyridine rings is 1. The molecule has 3 N–H and O–H groups in total. The Hall–Kier alpha value is -2.96. The molecule has 5 nitrogen and oxygen atoms in total. The van der Waals surface area contributed by atoms with E-state index in [1.54, 1.807) is 36.7 Å². The van der Waals surface area contributed by atoms with Gasteiger partial charge in [0.25, 0.3) is 5.91 Å². The maximum atomic E-state index is 12.6. The van der Waals surface area contributed by atoms with Crippen molar-refractivity contribution in [2.75, 3.05) is 11.1 Å². The highest BCUT2D eigenvalue weighted by molar-refractivity contribution is 8.14. The van der Waals surface area contributed by atoms with Gasteiger partial charge in [-0.1, -0.05) is 43.0 Å². The van der Waals surface area contributed by atoms with Gasteiger partial charge in [-0.3, -0.25) is 14.6 Å². The summed E-state index contributed by atoms with van der Waals surface area (Å²) in [6.07, 6.45) is 3.24. The molecule has 0 aliphatic heterocycles. The molecule has 2 aromatic carbocycles. The van der Waals surface area contributed by atoms with E-state index in [0.29, 0.717) is 23.4 Å².